The Bertz CT molecular complexity index is 1220. The topological polar surface area (TPSA) is 82.0 Å². The average molecular weight is 434 g/mol. The standard InChI is InChI=1S/C23H23N5O2S/c1-29-19-9-7-15(12-20(19)30-2)16-11-18-17(24-13-16)8-10-21(25-18)26-23-28-27-22(31-23)14-5-3-4-6-14/h7-14H,3-6H2,1-2H3,(H,25,26,28). The highest BCUT2D eigenvalue weighted by molar-refractivity contribution is 7.15. The van der Waals surface area contributed by atoms with Gasteiger partial charge in [0.2, 0.25) is 5.13 Å². The summed E-state index contributed by atoms with van der Waals surface area (Å²) < 4.78 is 10.8. The van der Waals surface area contributed by atoms with Crippen molar-refractivity contribution in [3.8, 4) is 22.6 Å². The van der Waals surface area contributed by atoms with E-state index in [1.165, 1.54) is 25.7 Å². The summed E-state index contributed by atoms with van der Waals surface area (Å²) in [4.78, 5) is 9.32. The molecule has 8 heteroatoms. The fourth-order valence-corrected chi connectivity index (χ4v) is 4.90. The lowest BCUT2D eigenvalue weighted by molar-refractivity contribution is 0.355. The SMILES string of the molecule is COc1ccc(-c2cnc3ccc(Nc4nnc(C5CCCC5)s4)nc3c2)cc1OC. The third-order valence-electron chi connectivity index (χ3n) is 5.63. The minimum atomic E-state index is 0.561. The van der Waals surface area contributed by atoms with Crippen molar-refractivity contribution in [3.63, 3.8) is 0 Å². The smallest absolute Gasteiger partial charge is 0.211 e. The number of hydrogen-bond donors (Lipinski definition) is 1. The van der Waals surface area contributed by atoms with E-state index in [9.17, 15) is 0 Å². The maximum Gasteiger partial charge on any atom is 0.211 e. The molecule has 0 amide bonds. The molecule has 0 spiro atoms. The van der Waals surface area contributed by atoms with Crippen LogP contribution in [0.15, 0.2) is 42.6 Å². The number of pyridine rings is 2. The Morgan fingerprint density at radius 1 is 0.903 bits per heavy atom. The van der Waals surface area contributed by atoms with Crippen molar-refractivity contribution in [1.82, 2.24) is 20.2 Å². The number of fused-ring (bicyclic) bond motifs is 1. The molecule has 1 aliphatic carbocycles. The molecule has 1 aromatic carbocycles. The van der Waals surface area contributed by atoms with Gasteiger partial charge in [-0.1, -0.05) is 30.2 Å². The Hall–Kier alpha value is -3.26. The molecular formula is C23H23N5O2S. The van der Waals surface area contributed by atoms with E-state index in [1.807, 2.05) is 42.6 Å². The Balaban J connectivity index is 1.42. The highest BCUT2D eigenvalue weighted by Crippen LogP contribution is 2.37. The lowest BCUT2D eigenvalue weighted by Gasteiger charge is -2.10. The van der Waals surface area contributed by atoms with Gasteiger partial charge in [0, 0.05) is 17.7 Å². The molecule has 0 bridgehead atoms. The number of methoxy groups -OCH3 is 2. The second-order valence-corrected chi connectivity index (χ2v) is 8.59. The quantitative estimate of drug-likeness (QED) is 0.426. The molecule has 5 rings (SSSR count). The fraction of sp³-hybridized carbons (Fsp3) is 0.304. The van der Waals surface area contributed by atoms with Gasteiger partial charge < -0.3 is 14.8 Å². The van der Waals surface area contributed by atoms with Gasteiger partial charge in [-0.05, 0) is 48.7 Å². The zero-order valence-electron chi connectivity index (χ0n) is 17.5. The van der Waals surface area contributed by atoms with Crippen molar-refractivity contribution in [2.45, 2.75) is 31.6 Å². The molecule has 1 saturated carbocycles. The molecule has 1 aliphatic rings. The molecule has 0 saturated heterocycles. The number of nitrogens with one attached hydrogen (secondary N) is 1. The van der Waals surface area contributed by atoms with Gasteiger partial charge in [0.25, 0.3) is 0 Å². The first-order valence-corrected chi connectivity index (χ1v) is 11.1. The number of aromatic nitrogens is 4. The number of nitrogens with zero attached hydrogens (tertiary/aromatic N) is 4. The summed E-state index contributed by atoms with van der Waals surface area (Å²) in [5, 5.41) is 13.9. The van der Waals surface area contributed by atoms with Gasteiger partial charge in [0.1, 0.15) is 10.8 Å². The summed E-state index contributed by atoms with van der Waals surface area (Å²) in [7, 11) is 3.26. The minimum Gasteiger partial charge on any atom is -0.493 e. The molecule has 0 radical (unpaired) electrons. The van der Waals surface area contributed by atoms with E-state index in [1.54, 1.807) is 25.6 Å². The molecule has 3 heterocycles. The zero-order valence-corrected chi connectivity index (χ0v) is 18.3. The summed E-state index contributed by atoms with van der Waals surface area (Å²) in [6.07, 6.45) is 6.85. The predicted molar refractivity (Wildman–Crippen MR) is 122 cm³/mol. The maximum atomic E-state index is 5.43. The number of benzene rings is 1. The third kappa shape index (κ3) is 4.03. The summed E-state index contributed by atoms with van der Waals surface area (Å²) in [6.45, 7) is 0. The van der Waals surface area contributed by atoms with Crippen LogP contribution < -0.4 is 14.8 Å². The Kier molecular flexibility index (Phi) is 5.38. The molecule has 7 nitrogen and oxygen atoms in total. The van der Waals surface area contributed by atoms with Crippen LogP contribution in [0.25, 0.3) is 22.2 Å². The van der Waals surface area contributed by atoms with Gasteiger partial charge in [-0.15, -0.1) is 10.2 Å². The van der Waals surface area contributed by atoms with Crippen LogP contribution in [0.1, 0.15) is 36.6 Å². The maximum absolute atomic E-state index is 5.43. The second-order valence-electron chi connectivity index (χ2n) is 7.58. The van der Waals surface area contributed by atoms with Crippen LogP contribution in [-0.2, 0) is 0 Å². The number of ether oxygens (including phenoxy) is 2. The summed E-state index contributed by atoms with van der Waals surface area (Å²) >= 11 is 1.62. The molecule has 0 atom stereocenters. The number of anilines is 2. The van der Waals surface area contributed by atoms with Crippen LogP contribution in [0.3, 0.4) is 0 Å². The molecule has 1 fully saturated rings. The van der Waals surface area contributed by atoms with Gasteiger partial charge >= 0.3 is 0 Å². The Labute approximate surface area is 184 Å². The average Bonchev–Trinajstić information content (AvgIpc) is 3.50. The van der Waals surface area contributed by atoms with Gasteiger partial charge in [-0.25, -0.2) is 4.98 Å². The zero-order chi connectivity index (χ0) is 21.2. The van der Waals surface area contributed by atoms with E-state index in [0.717, 1.165) is 38.1 Å². The van der Waals surface area contributed by atoms with Crippen molar-refractivity contribution in [2.75, 3.05) is 19.5 Å². The van der Waals surface area contributed by atoms with Crippen molar-refractivity contribution in [3.05, 3.63) is 47.6 Å². The Morgan fingerprint density at radius 2 is 1.74 bits per heavy atom. The third-order valence-corrected chi connectivity index (χ3v) is 6.64. The molecule has 0 aliphatic heterocycles. The summed E-state index contributed by atoms with van der Waals surface area (Å²) in [5.74, 6) is 2.66. The first-order valence-electron chi connectivity index (χ1n) is 10.3. The molecule has 3 aromatic heterocycles. The van der Waals surface area contributed by atoms with Gasteiger partial charge in [0.15, 0.2) is 11.5 Å². The highest BCUT2D eigenvalue weighted by atomic mass is 32.1. The molecule has 1 N–H and O–H groups in total. The van der Waals surface area contributed by atoms with Crippen LogP contribution >= 0.6 is 11.3 Å². The van der Waals surface area contributed by atoms with E-state index in [2.05, 4.69) is 20.5 Å². The van der Waals surface area contributed by atoms with E-state index in [4.69, 9.17) is 14.5 Å². The molecule has 4 aromatic rings. The molecule has 0 unspecified atom stereocenters. The Morgan fingerprint density at radius 3 is 2.55 bits per heavy atom. The predicted octanol–water partition coefficient (Wildman–Crippen LogP) is 5.57. The van der Waals surface area contributed by atoms with E-state index in [0.29, 0.717) is 17.4 Å². The van der Waals surface area contributed by atoms with Crippen LogP contribution in [0.5, 0.6) is 11.5 Å². The van der Waals surface area contributed by atoms with Gasteiger partial charge in [-0.2, -0.15) is 0 Å². The largest absolute Gasteiger partial charge is 0.493 e. The van der Waals surface area contributed by atoms with E-state index in [-0.39, 0.29) is 0 Å². The molecular weight excluding hydrogens is 410 g/mol. The number of rotatable bonds is 6. The fourth-order valence-electron chi connectivity index (χ4n) is 3.98. The first kappa shape index (κ1) is 19.7. The summed E-state index contributed by atoms with van der Waals surface area (Å²) in [6, 6.07) is 11.7. The van der Waals surface area contributed by atoms with Crippen molar-refractivity contribution >= 4 is 33.3 Å². The minimum absolute atomic E-state index is 0.561. The van der Waals surface area contributed by atoms with Crippen LogP contribution in [0.4, 0.5) is 10.9 Å². The monoisotopic (exact) mass is 433 g/mol. The second kappa shape index (κ2) is 8.47. The summed E-state index contributed by atoms with van der Waals surface area (Å²) in [5.41, 5.74) is 3.58. The molecule has 31 heavy (non-hydrogen) atoms. The van der Waals surface area contributed by atoms with Crippen molar-refractivity contribution in [1.29, 1.82) is 0 Å². The van der Waals surface area contributed by atoms with Crippen molar-refractivity contribution < 1.29 is 9.47 Å². The van der Waals surface area contributed by atoms with Crippen LogP contribution in [0, 0.1) is 0 Å². The van der Waals surface area contributed by atoms with E-state index >= 15 is 0 Å². The van der Waals surface area contributed by atoms with Gasteiger partial charge in [0.05, 0.1) is 25.3 Å². The van der Waals surface area contributed by atoms with E-state index < -0.39 is 0 Å². The highest BCUT2D eigenvalue weighted by Gasteiger charge is 2.21. The molecule has 158 valence electrons. The lowest BCUT2D eigenvalue weighted by Crippen LogP contribution is -1.95. The number of hydrogen-bond acceptors (Lipinski definition) is 8. The lowest BCUT2D eigenvalue weighted by atomic mass is 10.1. The van der Waals surface area contributed by atoms with Crippen molar-refractivity contribution in [2.24, 2.45) is 0 Å². The van der Waals surface area contributed by atoms with Crippen LogP contribution in [-0.4, -0.2) is 34.4 Å². The normalized spacial score (nSPS) is 14.1. The van der Waals surface area contributed by atoms with Gasteiger partial charge in [-0.3, -0.25) is 4.98 Å². The first-order chi connectivity index (χ1) is 15.2. The van der Waals surface area contributed by atoms with Crippen LogP contribution in [0.2, 0.25) is 0 Å².